The van der Waals surface area contributed by atoms with Crippen LogP contribution in [0.5, 0.6) is 0 Å². The van der Waals surface area contributed by atoms with Crippen molar-refractivity contribution in [2.24, 2.45) is 0 Å². The Morgan fingerprint density at radius 3 is 2.65 bits per heavy atom. The summed E-state index contributed by atoms with van der Waals surface area (Å²) in [7, 11) is 0. The van der Waals surface area contributed by atoms with Crippen molar-refractivity contribution in [3.05, 3.63) is 37.8 Å². The number of carbonyl (C=O) groups is 1. The molecule has 0 aliphatic heterocycles. The van der Waals surface area contributed by atoms with E-state index >= 15 is 0 Å². The number of benzene rings is 1. The van der Waals surface area contributed by atoms with Gasteiger partial charge in [0.25, 0.3) is 5.69 Å². The van der Waals surface area contributed by atoms with E-state index in [2.05, 4.69) is 31.9 Å². The highest BCUT2D eigenvalue weighted by molar-refractivity contribution is 9.10. The van der Waals surface area contributed by atoms with Gasteiger partial charge in [-0.15, -0.1) is 0 Å². The zero-order chi connectivity index (χ0) is 13.0. The Morgan fingerprint density at radius 1 is 1.53 bits per heavy atom. The number of carbonyl (C=O) groups excluding carboxylic acids is 1. The van der Waals surface area contributed by atoms with Gasteiger partial charge in [0, 0.05) is 21.9 Å². The summed E-state index contributed by atoms with van der Waals surface area (Å²) in [6, 6.07) is 2.64. The van der Waals surface area contributed by atoms with Crippen LogP contribution in [0.3, 0.4) is 0 Å². The van der Waals surface area contributed by atoms with Gasteiger partial charge in [-0.05, 0) is 28.4 Å². The average molecular weight is 367 g/mol. The zero-order valence-electron chi connectivity index (χ0n) is 8.91. The molecule has 1 rings (SSSR count). The van der Waals surface area contributed by atoms with Crippen molar-refractivity contribution in [1.29, 1.82) is 0 Å². The molecule has 0 fully saturated rings. The van der Waals surface area contributed by atoms with Crippen LogP contribution in [0, 0.1) is 10.1 Å². The van der Waals surface area contributed by atoms with Gasteiger partial charge in [0.15, 0.2) is 0 Å². The molecule has 0 bridgehead atoms. The molecule has 1 aromatic carbocycles. The summed E-state index contributed by atoms with van der Waals surface area (Å²) in [5.41, 5.74) is 0.762. The average Bonchev–Trinajstić information content (AvgIpc) is 2.27. The van der Waals surface area contributed by atoms with Crippen LogP contribution < -0.4 is 0 Å². The highest BCUT2D eigenvalue weighted by Crippen LogP contribution is 2.29. The van der Waals surface area contributed by atoms with Crippen LogP contribution in [-0.4, -0.2) is 17.5 Å². The van der Waals surface area contributed by atoms with Crippen LogP contribution in [0.15, 0.2) is 16.6 Å². The molecule has 0 amide bonds. The maximum atomic E-state index is 11.7. The number of non-ortho nitro benzene ring substituents is 1. The minimum absolute atomic E-state index is 0.0700. The molecular weight excluding hydrogens is 358 g/mol. The number of rotatable bonds is 4. The summed E-state index contributed by atoms with van der Waals surface area (Å²) in [5, 5.41) is 11.0. The van der Waals surface area contributed by atoms with Crippen molar-refractivity contribution in [2.45, 2.75) is 12.3 Å². The Balaban J connectivity index is 3.30. The summed E-state index contributed by atoms with van der Waals surface area (Å²) in [6.45, 7) is 1.95. The summed E-state index contributed by atoms with van der Waals surface area (Å²) < 4.78 is 5.25. The third-order valence-corrected chi connectivity index (χ3v) is 3.22. The van der Waals surface area contributed by atoms with E-state index in [9.17, 15) is 14.9 Å². The lowest BCUT2D eigenvalue weighted by atomic mass is 10.1. The van der Waals surface area contributed by atoms with E-state index in [1.54, 1.807) is 6.92 Å². The summed E-state index contributed by atoms with van der Waals surface area (Å²) in [5.74, 6) is -0.497. The van der Waals surface area contributed by atoms with Crippen LogP contribution >= 0.6 is 31.9 Å². The Morgan fingerprint density at radius 2 is 2.18 bits per heavy atom. The Hall–Kier alpha value is -0.950. The Kier molecular flexibility index (Phi) is 5.07. The van der Waals surface area contributed by atoms with Gasteiger partial charge < -0.3 is 4.74 Å². The topological polar surface area (TPSA) is 69.4 Å². The van der Waals surface area contributed by atoms with Gasteiger partial charge >= 0.3 is 5.97 Å². The van der Waals surface area contributed by atoms with E-state index in [-0.39, 0.29) is 12.3 Å². The molecular formula is C10H9Br2NO4. The molecule has 0 unspecified atom stereocenters. The van der Waals surface area contributed by atoms with E-state index in [0.29, 0.717) is 20.9 Å². The molecule has 0 N–H and O–H groups in total. The van der Waals surface area contributed by atoms with Crippen LogP contribution in [-0.2, 0) is 10.1 Å². The third kappa shape index (κ3) is 3.26. The second-order valence-electron chi connectivity index (χ2n) is 3.07. The van der Waals surface area contributed by atoms with Crippen LogP contribution in [0.2, 0.25) is 0 Å². The number of alkyl halides is 1. The van der Waals surface area contributed by atoms with Crippen molar-refractivity contribution in [3.63, 3.8) is 0 Å². The SMILES string of the molecule is CCOC(=O)c1c(Br)cc([N+](=O)[O-])cc1CBr. The molecule has 0 atom stereocenters. The molecule has 0 saturated heterocycles. The van der Waals surface area contributed by atoms with E-state index in [4.69, 9.17) is 4.74 Å². The summed E-state index contributed by atoms with van der Waals surface area (Å²) >= 11 is 6.35. The number of nitrogens with zero attached hydrogens (tertiary/aromatic N) is 1. The fraction of sp³-hybridized carbons (Fsp3) is 0.300. The lowest BCUT2D eigenvalue weighted by Crippen LogP contribution is -2.09. The maximum Gasteiger partial charge on any atom is 0.339 e. The first-order valence-corrected chi connectivity index (χ1v) is 6.62. The smallest absolute Gasteiger partial charge is 0.339 e. The van der Waals surface area contributed by atoms with Gasteiger partial charge in [0.2, 0.25) is 0 Å². The molecule has 0 aliphatic rings. The van der Waals surface area contributed by atoms with E-state index in [1.165, 1.54) is 12.1 Å². The van der Waals surface area contributed by atoms with E-state index in [1.807, 2.05) is 0 Å². The highest BCUT2D eigenvalue weighted by Gasteiger charge is 2.20. The minimum Gasteiger partial charge on any atom is -0.462 e. The number of hydrogen-bond acceptors (Lipinski definition) is 4. The molecule has 0 aromatic heterocycles. The summed E-state index contributed by atoms with van der Waals surface area (Å²) in [6.07, 6.45) is 0. The van der Waals surface area contributed by atoms with Crippen LogP contribution in [0.25, 0.3) is 0 Å². The quantitative estimate of drug-likeness (QED) is 0.354. The fourth-order valence-electron chi connectivity index (χ4n) is 1.29. The first-order valence-electron chi connectivity index (χ1n) is 4.71. The Bertz CT molecular complexity index is 462. The molecule has 0 radical (unpaired) electrons. The molecule has 0 saturated carbocycles. The third-order valence-electron chi connectivity index (χ3n) is 1.99. The van der Waals surface area contributed by atoms with Crippen molar-refractivity contribution >= 4 is 43.5 Å². The standard InChI is InChI=1S/C10H9Br2NO4/c1-2-17-10(14)9-6(5-11)3-7(13(15)16)4-8(9)12/h3-4H,2,5H2,1H3. The first-order chi connectivity index (χ1) is 8.01. The minimum atomic E-state index is -0.508. The first kappa shape index (κ1) is 14.1. The monoisotopic (exact) mass is 365 g/mol. The maximum absolute atomic E-state index is 11.7. The molecule has 0 spiro atoms. The highest BCUT2D eigenvalue weighted by atomic mass is 79.9. The van der Waals surface area contributed by atoms with Gasteiger partial charge in [0.05, 0.1) is 17.1 Å². The molecule has 7 heteroatoms. The fourth-order valence-corrected chi connectivity index (χ4v) is 2.38. The predicted octanol–water partition coefficient (Wildman–Crippen LogP) is 3.43. The largest absolute Gasteiger partial charge is 0.462 e. The Labute approximate surface area is 115 Å². The van der Waals surface area contributed by atoms with Gasteiger partial charge in [-0.2, -0.15) is 0 Å². The molecule has 17 heavy (non-hydrogen) atoms. The molecule has 5 nitrogen and oxygen atoms in total. The molecule has 92 valence electrons. The second kappa shape index (κ2) is 6.11. The number of ether oxygens (including phenoxy) is 1. The van der Waals surface area contributed by atoms with Gasteiger partial charge in [-0.1, -0.05) is 15.9 Å². The molecule has 0 heterocycles. The van der Waals surface area contributed by atoms with Crippen molar-refractivity contribution in [1.82, 2.24) is 0 Å². The number of halogens is 2. The summed E-state index contributed by atoms with van der Waals surface area (Å²) in [4.78, 5) is 21.9. The van der Waals surface area contributed by atoms with Gasteiger partial charge in [-0.25, -0.2) is 4.79 Å². The van der Waals surface area contributed by atoms with Crippen molar-refractivity contribution < 1.29 is 14.5 Å². The molecule has 1 aromatic rings. The van der Waals surface area contributed by atoms with Gasteiger partial charge in [0.1, 0.15) is 0 Å². The lowest BCUT2D eigenvalue weighted by molar-refractivity contribution is -0.385. The van der Waals surface area contributed by atoms with Crippen molar-refractivity contribution in [2.75, 3.05) is 6.61 Å². The number of hydrogen-bond donors (Lipinski definition) is 0. The molecule has 0 aliphatic carbocycles. The van der Waals surface area contributed by atoms with Crippen LogP contribution in [0.1, 0.15) is 22.8 Å². The van der Waals surface area contributed by atoms with Gasteiger partial charge in [-0.3, -0.25) is 10.1 Å². The number of nitro benzene ring substituents is 1. The van der Waals surface area contributed by atoms with E-state index in [0.717, 1.165) is 0 Å². The number of nitro groups is 1. The predicted molar refractivity (Wildman–Crippen MR) is 69.4 cm³/mol. The second-order valence-corrected chi connectivity index (χ2v) is 4.49. The van der Waals surface area contributed by atoms with Crippen molar-refractivity contribution in [3.8, 4) is 0 Å². The zero-order valence-corrected chi connectivity index (χ0v) is 12.1. The number of esters is 1. The van der Waals surface area contributed by atoms with E-state index < -0.39 is 10.9 Å². The van der Waals surface area contributed by atoms with Crippen LogP contribution in [0.4, 0.5) is 5.69 Å². The lowest BCUT2D eigenvalue weighted by Gasteiger charge is -2.08. The normalized spacial score (nSPS) is 10.1.